The third-order valence-corrected chi connectivity index (χ3v) is 5.30. The molecule has 0 bridgehead atoms. The van der Waals surface area contributed by atoms with Gasteiger partial charge in [0.25, 0.3) is 10.1 Å². The zero-order valence-corrected chi connectivity index (χ0v) is 21.0. The van der Waals surface area contributed by atoms with Gasteiger partial charge in [0.1, 0.15) is 0 Å². The molecule has 1 rings (SSSR count). The molecule has 0 aliphatic rings. The molecule has 0 fully saturated rings. The minimum atomic E-state index is -4.22. The molecular weight excluding hydrogens is 421 g/mol. The Morgan fingerprint density at radius 2 is 1.45 bits per heavy atom. The van der Waals surface area contributed by atoms with E-state index in [4.69, 9.17) is 16.8 Å². The average Bonchev–Trinajstić information content (AvgIpc) is 2.65. The fourth-order valence-corrected chi connectivity index (χ4v) is 3.31. The molecule has 1 amide bonds. The molecule has 0 aliphatic carbocycles. The fraction of sp³-hybridized carbons (Fsp3) is 0.579. The van der Waals surface area contributed by atoms with Crippen molar-refractivity contribution in [3.63, 3.8) is 0 Å². The number of hydrogen-bond donors (Lipinski definition) is 4. The van der Waals surface area contributed by atoms with Gasteiger partial charge in [0.05, 0.1) is 4.90 Å². The number of nitrogens with one attached hydrogen (secondary N) is 3. The largest absolute Gasteiger partial charge is 0.331 e. The Hall–Kier alpha value is -0.710. The van der Waals surface area contributed by atoms with Gasteiger partial charge in [-0.15, -0.1) is 0 Å². The zero-order valence-electron chi connectivity index (χ0n) is 17.4. The number of thiocarbonyl (C=S) groups is 1. The van der Waals surface area contributed by atoms with Gasteiger partial charge in [0.2, 0.25) is 5.91 Å². The third kappa shape index (κ3) is 14.0. The maximum Gasteiger partial charge on any atom is 0.294 e. The van der Waals surface area contributed by atoms with Crippen LogP contribution in [0.2, 0.25) is 0 Å². The number of carbonyl (C=O) groups is 1. The minimum Gasteiger partial charge on any atom is -0.331 e. The first-order chi connectivity index (χ1) is 13.3. The Balaban J connectivity index is 0.00000784. The zero-order chi connectivity index (χ0) is 20.8. The second-order valence-corrected chi connectivity index (χ2v) is 8.53. The van der Waals surface area contributed by atoms with Crippen LogP contribution < -0.4 is 16.2 Å². The Morgan fingerprint density at radius 3 is 1.97 bits per heavy atom. The molecule has 0 saturated heterocycles. The maximum absolute atomic E-state index is 11.8. The fourth-order valence-electron chi connectivity index (χ4n) is 2.66. The Morgan fingerprint density at radius 1 is 0.931 bits per heavy atom. The molecule has 0 saturated carbocycles. The first kappa shape index (κ1) is 28.3. The summed E-state index contributed by atoms with van der Waals surface area (Å²) in [6.07, 6.45) is 11.2. The van der Waals surface area contributed by atoms with Gasteiger partial charge in [0.15, 0.2) is 5.11 Å². The number of anilines is 1. The van der Waals surface area contributed by atoms with Crippen LogP contribution in [-0.2, 0) is 14.9 Å². The average molecular weight is 453 g/mol. The van der Waals surface area contributed by atoms with Crippen LogP contribution in [0.4, 0.5) is 5.69 Å². The van der Waals surface area contributed by atoms with E-state index in [0.717, 1.165) is 19.3 Å². The van der Waals surface area contributed by atoms with Crippen molar-refractivity contribution in [1.82, 2.24) is 10.9 Å². The van der Waals surface area contributed by atoms with Gasteiger partial charge < -0.3 is 5.32 Å². The monoisotopic (exact) mass is 452 g/mol. The van der Waals surface area contributed by atoms with Gasteiger partial charge in [-0.3, -0.25) is 20.2 Å². The van der Waals surface area contributed by atoms with E-state index in [-0.39, 0.29) is 45.5 Å². The van der Waals surface area contributed by atoms with Crippen molar-refractivity contribution in [3.05, 3.63) is 24.3 Å². The second kappa shape index (κ2) is 16.0. The number of hydrazine groups is 1. The first-order valence-corrected chi connectivity index (χ1v) is 11.6. The smallest absolute Gasteiger partial charge is 0.294 e. The molecule has 0 aliphatic heterocycles. The van der Waals surface area contributed by atoms with Crippen molar-refractivity contribution < 1.29 is 17.8 Å². The van der Waals surface area contributed by atoms with E-state index >= 15 is 0 Å². The molecule has 1 aromatic carbocycles. The molecule has 1 radical (unpaired) electrons. The molecule has 0 heterocycles. The van der Waals surface area contributed by atoms with Crippen LogP contribution in [0.5, 0.6) is 0 Å². The molecule has 0 unspecified atom stereocenters. The van der Waals surface area contributed by atoms with E-state index in [2.05, 4.69) is 23.1 Å². The molecule has 10 heteroatoms. The van der Waals surface area contributed by atoms with Crippen molar-refractivity contribution in [2.45, 2.75) is 76.0 Å². The van der Waals surface area contributed by atoms with Crippen molar-refractivity contribution in [2.75, 3.05) is 5.32 Å². The number of hydrogen-bond acceptors (Lipinski definition) is 4. The predicted molar refractivity (Wildman–Crippen MR) is 121 cm³/mol. The van der Waals surface area contributed by atoms with E-state index in [1.807, 2.05) is 0 Å². The summed E-state index contributed by atoms with van der Waals surface area (Å²) in [5.41, 5.74) is 5.67. The molecule has 159 valence electrons. The van der Waals surface area contributed by atoms with Gasteiger partial charge in [0, 0.05) is 41.7 Å². The Bertz CT molecular complexity index is 713. The molecule has 1 aromatic rings. The summed E-state index contributed by atoms with van der Waals surface area (Å²) in [6.45, 7) is 2.21. The van der Waals surface area contributed by atoms with Gasteiger partial charge >= 0.3 is 0 Å². The van der Waals surface area contributed by atoms with Gasteiger partial charge in [-0.25, -0.2) is 0 Å². The summed E-state index contributed by atoms with van der Waals surface area (Å²) in [5, 5.41) is 2.99. The molecule has 4 N–H and O–H groups in total. The summed E-state index contributed by atoms with van der Waals surface area (Å²) in [4.78, 5) is 11.6. The normalized spacial score (nSPS) is 10.7. The van der Waals surface area contributed by atoms with Gasteiger partial charge in [-0.1, -0.05) is 58.3 Å². The summed E-state index contributed by atoms with van der Waals surface area (Å²) < 4.78 is 30.9. The standard InChI is InChI=1S/C19H31N3O4S2.Na/c1-2-3-4-5-6-7-8-9-10-11-18(23)21-22-19(27)20-16-12-14-17(15-13-16)28(24,25)26;/h12-15H,2-11H2,1H3,(H,21,23)(H2,20,22,27)(H,24,25,26);. The molecule has 7 nitrogen and oxygen atoms in total. The minimum absolute atomic E-state index is 0. The predicted octanol–water partition coefficient (Wildman–Crippen LogP) is 3.79. The molecular formula is C19H31N3NaO4S2. The quantitative estimate of drug-likeness (QED) is 0.126. The maximum atomic E-state index is 11.8. The van der Waals surface area contributed by atoms with Gasteiger partial charge in [-0.2, -0.15) is 8.42 Å². The SMILES string of the molecule is CCCCCCCCCCCC(=O)NNC(=S)Nc1ccc(S(=O)(=O)O)cc1.[Na]. The summed E-state index contributed by atoms with van der Waals surface area (Å²) in [6, 6.07) is 5.42. The number of unbranched alkanes of at least 4 members (excludes halogenated alkanes) is 8. The molecule has 29 heavy (non-hydrogen) atoms. The van der Waals surface area contributed by atoms with Crippen molar-refractivity contribution >= 4 is 68.6 Å². The van der Waals surface area contributed by atoms with Crippen LogP contribution in [-0.4, -0.2) is 53.5 Å². The van der Waals surface area contributed by atoms with Crippen LogP contribution in [0.1, 0.15) is 71.1 Å². The summed E-state index contributed by atoms with van der Waals surface area (Å²) >= 11 is 5.07. The second-order valence-electron chi connectivity index (χ2n) is 6.71. The van der Waals surface area contributed by atoms with Gasteiger partial charge in [-0.05, 0) is 42.9 Å². The molecule has 0 spiro atoms. The van der Waals surface area contributed by atoms with Crippen LogP contribution in [0.25, 0.3) is 0 Å². The van der Waals surface area contributed by atoms with E-state index < -0.39 is 10.1 Å². The number of rotatable bonds is 12. The third-order valence-electron chi connectivity index (χ3n) is 4.23. The van der Waals surface area contributed by atoms with E-state index in [1.54, 1.807) is 0 Å². The number of amides is 1. The Labute approximate surface area is 201 Å². The molecule has 0 aromatic heterocycles. The Kier molecular flexibility index (Phi) is 15.6. The van der Waals surface area contributed by atoms with Crippen LogP contribution in [0.3, 0.4) is 0 Å². The van der Waals surface area contributed by atoms with Crippen LogP contribution in [0.15, 0.2) is 29.2 Å². The van der Waals surface area contributed by atoms with Crippen molar-refractivity contribution in [2.24, 2.45) is 0 Å². The van der Waals surface area contributed by atoms with E-state index in [0.29, 0.717) is 12.1 Å². The number of benzene rings is 1. The van der Waals surface area contributed by atoms with Crippen LogP contribution in [0, 0.1) is 0 Å². The van der Waals surface area contributed by atoms with E-state index in [1.165, 1.54) is 62.8 Å². The summed E-state index contributed by atoms with van der Waals surface area (Å²) in [5.74, 6) is -0.131. The molecule has 0 atom stereocenters. The van der Waals surface area contributed by atoms with Crippen molar-refractivity contribution in [1.29, 1.82) is 0 Å². The van der Waals surface area contributed by atoms with Crippen molar-refractivity contribution in [3.8, 4) is 0 Å². The topological polar surface area (TPSA) is 108 Å². The first-order valence-electron chi connectivity index (χ1n) is 9.76. The van der Waals surface area contributed by atoms with E-state index in [9.17, 15) is 13.2 Å². The van der Waals surface area contributed by atoms with Crippen LogP contribution >= 0.6 is 12.2 Å². The summed E-state index contributed by atoms with van der Waals surface area (Å²) in [7, 11) is -4.22. The number of carbonyl (C=O) groups excluding carboxylic acids is 1.